The number of hydrogen-bond acceptors (Lipinski definition) is 3. The Morgan fingerprint density at radius 2 is 1.65 bits per heavy atom. The maximum Gasteiger partial charge on any atom is 0.0849 e. The quantitative estimate of drug-likeness (QED) is 0.522. The number of aliphatic hydroxyl groups excluding tert-OH is 2. The van der Waals surface area contributed by atoms with Crippen molar-refractivity contribution in [1.29, 1.82) is 0 Å². The van der Waals surface area contributed by atoms with Crippen LogP contribution in [0, 0.1) is 45.3 Å². The lowest BCUT2D eigenvalue weighted by Gasteiger charge is -2.61. The first kappa shape index (κ1) is 22.7. The van der Waals surface area contributed by atoms with E-state index in [-0.39, 0.29) is 6.10 Å². The number of hydrogen-bond donors (Lipinski definition) is 3. The minimum Gasteiger partial charge on any atom is -0.393 e. The first-order valence-corrected chi connectivity index (χ1v) is 13.5. The topological polar surface area (TPSA) is 60.7 Å². The van der Waals surface area contributed by atoms with Gasteiger partial charge in [0.2, 0.25) is 0 Å². The molecule has 0 aliphatic heterocycles. The molecule has 0 radical (unpaired) electrons. The first-order chi connectivity index (χ1) is 14.4. The predicted molar refractivity (Wildman–Crippen MR) is 124 cm³/mol. The average Bonchev–Trinajstić information content (AvgIpc) is 3.28. The maximum absolute atomic E-state index is 10.4. The van der Waals surface area contributed by atoms with Crippen LogP contribution in [0.15, 0.2) is 0 Å². The monoisotopic (exact) mass is 432 g/mol. The van der Waals surface area contributed by atoms with Gasteiger partial charge in [0.25, 0.3) is 0 Å². The van der Waals surface area contributed by atoms with Crippen LogP contribution in [-0.4, -0.2) is 33.1 Å². The maximum atomic E-state index is 10.4. The zero-order valence-corrected chi connectivity index (χ0v) is 20.8. The molecule has 5 saturated carbocycles. The second-order valence-corrected chi connectivity index (χ2v) is 13.9. The average molecular weight is 433 g/mol. The summed E-state index contributed by atoms with van der Waals surface area (Å²) < 4.78 is 0. The summed E-state index contributed by atoms with van der Waals surface area (Å²) in [6.07, 6.45) is 14.2. The molecule has 31 heavy (non-hydrogen) atoms. The number of rotatable bonds is 5. The molecule has 0 aromatic rings. The summed E-state index contributed by atoms with van der Waals surface area (Å²) in [6, 6.07) is 0. The molecule has 0 bridgehead atoms. The molecule has 0 amide bonds. The third-order valence-electron chi connectivity index (χ3n) is 12.6. The van der Waals surface area contributed by atoms with Gasteiger partial charge in [-0.3, -0.25) is 0 Å². The predicted octanol–water partition coefficient (Wildman–Crippen LogP) is 5.70. The molecular weight excluding hydrogens is 384 g/mol. The van der Waals surface area contributed by atoms with Gasteiger partial charge in [-0.25, -0.2) is 0 Å². The van der Waals surface area contributed by atoms with E-state index in [9.17, 15) is 15.3 Å². The highest BCUT2D eigenvalue weighted by Crippen LogP contribution is 2.87. The van der Waals surface area contributed by atoms with Crippen molar-refractivity contribution in [3.8, 4) is 0 Å². The van der Waals surface area contributed by atoms with E-state index < -0.39 is 11.7 Å². The summed E-state index contributed by atoms with van der Waals surface area (Å²) in [5, 5.41) is 30.8. The smallest absolute Gasteiger partial charge is 0.0849 e. The van der Waals surface area contributed by atoms with Crippen molar-refractivity contribution >= 4 is 0 Å². The summed E-state index contributed by atoms with van der Waals surface area (Å²) in [4.78, 5) is 0. The van der Waals surface area contributed by atoms with Crippen LogP contribution in [0.3, 0.4) is 0 Å². The number of aliphatic hydroxyl groups is 3. The van der Waals surface area contributed by atoms with Crippen molar-refractivity contribution in [2.24, 2.45) is 45.3 Å². The molecule has 3 nitrogen and oxygen atoms in total. The molecule has 10 atom stereocenters. The molecule has 5 rings (SSSR count). The van der Waals surface area contributed by atoms with E-state index in [0.29, 0.717) is 34.0 Å². The van der Waals surface area contributed by atoms with Gasteiger partial charge in [-0.1, -0.05) is 20.8 Å². The van der Waals surface area contributed by atoms with Crippen molar-refractivity contribution in [3.05, 3.63) is 0 Å². The standard InChI is InChI=1S/C28H48O3/c1-18(6-9-23(30)24(2,3)31)21-11-12-26(5)22-8-7-19-16-20(29)10-13-27(19)17-28(22,27)15-14-25(21,26)4/h18-23,29-31H,6-17H2,1-5H3. The first-order valence-electron chi connectivity index (χ1n) is 13.5. The van der Waals surface area contributed by atoms with Gasteiger partial charge in [0.1, 0.15) is 0 Å². The van der Waals surface area contributed by atoms with Crippen LogP contribution in [0.25, 0.3) is 0 Å². The van der Waals surface area contributed by atoms with E-state index in [2.05, 4.69) is 20.8 Å². The van der Waals surface area contributed by atoms with Crippen molar-refractivity contribution in [2.75, 3.05) is 0 Å². The summed E-state index contributed by atoms with van der Waals surface area (Å²) in [5.41, 5.74) is 1.04. The molecule has 178 valence electrons. The summed E-state index contributed by atoms with van der Waals surface area (Å²) in [7, 11) is 0. The van der Waals surface area contributed by atoms with Crippen LogP contribution >= 0.6 is 0 Å². The molecule has 5 aliphatic carbocycles. The summed E-state index contributed by atoms with van der Waals surface area (Å²) >= 11 is 0. The van der Waals surface area contributed by atoms with Gasteiger partial charge >= 0.3 is 0 Å². The van der Waals surface area contributed by atoms with Gasteiger partial charge < -0.3 is 15.3 Å². The molecule has 3 N–H and O–H groups in total. The fourth-order valence-corrected chi connectivity index (χ4v) is 10.6. The van der Waals surface area contributed by atoms with Crippen LogP contribution in [0.5, 0.6) is 0 Å². The molecule has 2 spiro atoms. The molecule has 0 aromatic heterocycles. The van der Waals surface area contributed by atoms with Crippen molar-refractivity contribution in [3.63, 3.8) is 0 Å². The van der Waals surface area contributed by atoms with Crippen LogP contribution < -0.4 is 0 Å². The van der Waals surface area contributed by atoms with Gasteiger partial charge in [0, 0.05) is 0 Å². The fourth-order valence-electron chi connectivity index (χ4n) is 10.6. The second kappa shape index (κ2) is 6.95. The van der Waals surface area contributed by atoms with E-state index >= 15 is 0 Å². The van der Waals surface area contributed by atoms with Gasteiger partial charge in [0.05, 0.1) is 17.8 Å². The Morgan fingerprint density at radius 3 is 2.35 bits per heavy atom. The Hall–Kier alpha value is -0.120. The van der Waals surface area contributed by atoms with Gasteiger partial charge in [-0.15, -0.1) is 0 Å². The zero-order valence-electron chi connectivity index (χ0n) is 20.8. The molecule has 10 unspecified atom stereocenters. The Morgan fingerprint density at radius 1 is 0.903 bits per heavy atom. The third kappa shape index (κ3) is 2.94. The fraction of sp³-hybridized carbons (Fsp3) is 1.00. The lowest BCUT2D eigenvalue weighted by atomic mass is 9.43. The Labute approximate surface area is 190 Å². The van der Waals surface area contributed by atoms with Crippen molar-refractivity contribution in [2.45, 2.75) is 129 Å². The van der Waals surface area contributed by atoms with Gasteiger partial charge in [-0.2, -0.15) is 0 Å². The van der Waals surface area contributed by atoms with E-state index in [1.165, 1.54) is 51.4 Å². The van der Waals surface area contributed by atoms with Crippen LogP contribution in [0.1, 0.15) is 112 Å². The molecule has 0 aromatic carbocycles. The van der Waals surface area contributed by atoms with Crippen LogP contribution in [-0.2, 0) is 0 Å². The van der Waals surface area contributed by atoms with Crippen LogP contribution in [0.2, 0.25) is 0 Å². The van der Waals surface area contributed by atoms with E-state index in [1.807, 2.05) is 0 Å². The highest BCUT2D eigenvalue weighted by atomic mass is 16.3. The molecular formula is C28H48O3. The Balaban J connectivity index is 1.34. The lowest BCUT2D eigenvalue weighted by Crippen LogP contribution is -2.55. The summed E-state index contributed by atoms with van der Waals surface area (Å²) in [5.74, 6) is 3.01. The zero-order chi connectivity index (χ0) is 22.4. The molecule has 3 heteroatoms. The second-order valence-electron chi connectivity index (χ2n) is 13.9. The van der Waals surface area contributed by atoms with E-state index in [1.54, 1.807) is 13.8 Å². The van der Waals surface area contributed by atoms with Crippen molar-refractivity contribution < 1.29 is 15.3 Å². The third-order valence-corrected chi connectivity index (χ3v) is 12.6. The van der Waals surface area contributed by atoms with Crippen molar-refractivity contribution in [1.82, 2.24) is 0 Å². The van der Waals surface area contributed by atoms with Gasteiger partial charge in [-0.05, 0) is 136 Å². The normalized spacial score (nSPS) is 53.0. The molecule has 0 saturated heterocycles. The Kier molecular flexibility index (Phi) is 5.08. The summed E-state index contributed by atoms with van der Waals surface area (Å²) in [6.45, 7) is 11.2. The SMILES string of the molecule is CC(CCC(O)C(C)(C)O)C1CCC2(C)C3CCC4CC(O)CCC45CC35CCC12C. The van der Waals surface area contributed by atoms with Gasteiger partial charge in [0.15, 0.2) is 0 Å². The minimum absolute atomic E-state index is 0.0368. The Bertz CT molecular complexity index is 714. The number of fused-ring (bicyclic) bond motifs is 2. The van der Waals surface area contributed by atoms with E-state index in [0.717, 1.165) is 37.0 Å². The highest BCUT2D eigenvalue weighted by molar-refractivity contribution is 5.29. The van der Waals surface area contributed by atoms with Crippen LogP contribution in [0.4, 0.5) is 0 Å². The van der Waals surface area contributed by atoms with E-state index in [4.69, 9.17) is 0 Å². The minimum atomic E-state index is -1.00. The highest BCUT2D eigenvalue weighted by Gasteiger charge is 2.80. The molecule has 5 fully saturated rings. The molecule has 0 heterocycles. The lowest BCUT2D eigenvalue weighted by molar-refractivity contribution is -0.133. The largest absolute Gasteiger partial charge is 0.393 e. The molecule has 5 aliphatic rings.